The average molecular weight is 448 g/mol. The van der Waals surface area contributed by atoms with Crippen molar-refractivity contribution in [2.75, 3.05) is 13.2 Å². The van der Waals surface area contributed by atoms with Gasteiger partial charge in [0.15, 0.2) is 6.04 Å². The van der Waals surface area contributed by atoms with Crippen LogP contribution in [0.3, 0.4) is 0 Å². The summed E-state index contributed by atoms with van der Waals surface area (Å²) < 4.78 is 0. The zero-order valence-electron chi connectivity index (χ0n) is 18.3. The fourth-order valence-corrected chi connectivity index (χ4v) is 2.76. The molecule has 0 saturated carbocycles. The maximum atomic E-state index is 12.7. The zero-order valence-corrected chi connectivity index (χ0v) is 18.3. The molecule has 0 rings (SSSR count). The van der Waals surface area contributed by atoms with Gasteiger partial charge in [0.25, 0.3) is 0 Å². The first-order valence-corrected chi connectivity index (χ1v) is 10.3. The Bertz CT molecular complexity index is 600. The molecule has 0 aromatic rings. The van der Waals surface area contributed by atoms with Gasteiger partial charge >= 0.3 is 5.97 Å². The van der Waals surface area contributed by atoms with Crippen molar-refractivity contribution in [2.24, 2.45) is 17.4 Å². The second-order valence-corrected chi connectivity index (χ2v) is 7.89. The Hall–Kier alpha value is -2.28. The first-order valence-electron chi connectivity index (χ1n) is 10.3. The van der Waals surface area contributed by atoms with Crippen molar-refractivity contribution in [3.8, 4) is 0 Å². The van der Waals surface area contributed by atoms with Gasteiger partial charge in [-0.25, -0.2) is 4.79 Å². The predicted octanol–water partition coefficient (Wildman–Crippen LogP) is -2.60. The number of rotatable bonds is 15. The summed E-state index contributed by atoms with van der Waals surface area (Å²) in [5.74, 6) is -3.55. The molecule has 12 nitrogen and oxygen atoms in total. The molecule has 0 aromatic carbocycles. The van der Waals surface area contributed by atoms with Crippen LogP contribution in [0.2, 0.25) is 0 Å². The van der Waals surface area contributed by atoms with Crippen molar-refractivity contribution >= 4 is 23.7 Å². The number of aliphatic carboxylic acids is 1. The van der Waals surface area contributed by atoms with Crippen LogP contribution < -0.4 is 27.4 Å². The Balaban J connectivity index is 5.23. The zero-order chi connectivity index (χ0) is 24.1. The van der Waals surface area contributed by atoms with E-state index in [4.69, 9.17) is 16.6 Å². The van der Waals surface area contributed by atoms with Gasteiger partial charge in [0.1, 0.15) is 12.1 Å². The highest BCUT2D eigenvalue weighted by Crippen LogP contribution is 2.06. The van der Waals surface area contributed by atoms with Crippen molar-refractivity contribution < 1.29 is 34.5 Å². The van der Waals surface area contributed by atoms with Crippen molar-refractivity contribution in [1.82, 2.24) is 16.0 Å². The van der Waals surface area contributed by atoms with E-state index >= 15 is 0 Å². The van der Waals surface area contributed by atoms with E-state index in [9.17, 15) is 29.4 Å². The van der Waals surface area contributed by atoms with Gasteiger partial charge in [-0.15, -0.1) is 0 Å². The highest BCUT2D eigenvalue weighted by atomic mass is 16.4. The molecule has 3 amide bonds. The maximum Gasteiger partial charge on any atom is 0.328 e. The molecule has 180 valence electrons. The summed E-state index contributed by atoms with van der Waals surface area (Å²) in [4.78, 5) is 48.4. The van der Waals surface area contributed by atoms with Crippen LogP contribution >= 0.6 is 0 Å². The van der Waals surface area contributed by atoms with Crippen molar-refractivity contribution in [2.45, 2.75) is 76.7 Å². The fourth-order valence-electron chi connectivity index (χ4n) is 2.76. The van der Waals surface area contributed by atoms with Gasteiger partial charge in [-0.1, -0.05) is 13.8 Å². The molecule has 0 aliphatic heterocycles. The third-order valence-electron chi connectivity index (χ3n) is 4.50. The molecule has 0 fully saturated rings. The van der Waals surface area contributed by atoms with Crippen LogP contribution in [-0.4, -0.2) is 82.4 Å². The lowest BCUT2D eigenvalue weighted by atomic mass is 10.0. The third kappa shape index (κ3) is 11.1. The molecule has 0 aliphatic carbocycles. The molecular formula is C19H37N5O7. The number of amides is 3. The summed E-state index contributed by atoms with van der Waals surface area (Å²) in [7, 11) is 0. The number of aliphatic hydroxyl groups is 2. The quantitative estimate of drug-likeness (QED) is 0.123. The molecule has 0 bridgehead atoms. The number of hydrogen-bond donors (Lipinski definition) is 8. The molecule has 10 N–H and O–H groups in total. The first kappa shape index (κ1) is 28.7. The molecule has 0 radical (unpaired) electrons. The molecule has 0 spiro atoms. The van der Waals surface area contributed by atoms with Gasteiger partial charge in [-0.05, 0) is 45.1 Å². The molecule has 31 heavy (non-hydrogen) atoms. The summed E-state index contributed by atoms with van der Waals surface area (Å²) >= 11 is 0. The number of nitrogens with two attached hydrogens (primary N) is 2. The molecule has 12 heteroatoms. The average Bonchev–Trinajstić information content (AvgIpc) is 2.67. The van der Waals surface area contributed by atoms with Gasteiger partial charge in [0.05, 0.1) is 18.8 Å². The number of hydrogen-bond acceptors (Lipinski definition) is 8. The predicted molar refractivity (Wildman–Crippen MR) is 113 cm³/mol. The van der Waals surface area contributed by atoms with Gasteiger partial charge < -0.3 is 42.7 Å². The molecule has 5 unspecified atom stereocenters. The van der Waals surface area contributed by atoms with Crippen LogP contribution in [0.5, 0.6) is 0 Å². The van der Waals surface area contributed by atoms with E-state index in [2.05, 4.69) is 16.0 Å². The normalized spacial score (nSPS) is 16.0. The van der Waals surface area contributed by atoms with E-state index in [0.717, 1.165) is 0 Å². The van der Waals surface area contributed by atoms with Crippen LogP contribution in [0.4, 0.5) is 0 Å². The number of aliphatic hydroxyl groups excluding tert-OH is 2. The van der Waals surface area contributed by atoms with Gasteiger partial charge in [-0.3, -0.25) is 14.4 Å². The summed E-state index contributed by atoms with van der Waals surface area (Å²) in [6, 6.07) is -4.94. The van der Waals surface area contributed by atoms with E-state index in [1.165, 1.54) is 6.92 Å². The van der Waals surface area contributed by atoms with Crippen molar-refractivity contribution in [3.05, 3.63) is 0 Å². The number of carboxylic acids is 1. The molecule has 0 aliphatic rings. The van der Waals surface area contributed by atoms with Crippen LogP contribution in [0.15, 0.2) is 0 Å². The minimum atomic E-state index is -1.62. The van der Waals surface area contributed by atoms with Gasteiger partial charge in [0.2, 0.25) is 17.7 Å². The van der Waals surface area contributed by atoms with E-state index in [0.29, 0.717) is 25.8 Å². The Labute approximate surface area is 182 Å². The van der Waals surface area contributed by atoms with Crippen LogP contribution in [0.25, 0.3) is 0 Å². The highest BCUT2D eigenvalue weighted by molar-refractivity contribution is 5.94. The van der Waals surface area contributed by atoms with E-state index in [1.807, 2.05) is 13.8 Å². The number of carbonyl (C=O) groups excluding carboxylic acids is 3. The van der Waals surface area contributed by atoms with E-state index in [-0.39, 0.29) is 12.3 Å². The number of carbonyl (C=O) groups is 4. The minimum absolute atomic E-state index is 0.170. The second kappa shape index (κ2) is 14.7. The number of carboxylic acid groups (broad SMARTS) is 1. The fraction of sp³-hybridized carbons (Fsp3) is 0.789. The van der Waals surface area contributed by atoms with Crippen LogP contribution in [0.1, 0.15) is 46.5 Å². The molecule has 0 heterocycles. The minimum Gasteiger partial charge on any atom is -0.480 e. The molecule has 5 atom stereocenters. The summed E-state index contributed by atoms with van der Waals surface area (Å²) in [5, 5.41) is 34.9. The largest absolute Gasteiger partial charge is 0.480 e. The Morgan fingerprint density at radius 1 is 0.903 bits per heavy atom. The van der Waals surface area contributed by atoms with Gasteiger partial charge in [-0.2, -0.15) is 0 Å². The first-order chi connectivity index (χ1) is 14.4. The maximum absolute atomic E-state index is 12.7. The molecular weight excluding hydrogens is 410 g/mol. The molecule has 0 saturated heterocycles. The standard InChI is InChI=1S/C19H37N5O7/c1-10(2)8-12(21)16(27)22-13(6-4-5-7-20)17(28)23-14(9-25)18(29)24-15(11(3)26)19(30)31/h10-15,25-26H,4-9,20-21H2,1-3H3,(H,22,27)(H,23,28)(H,24,29)(H,30,31). The summed E-state index contributed by atoms with van der Waals surface area (Å²) in [6.07, 6.45) is 0.376. The highest BCUT2D eigenvalue weighted by Gasteiger charge is 2.31. The second-order valence-electron chi connectivity index (χ2n) is 7.89. The third-order valence-corrected chi connectivity index (χ3v) is 4.50. The number of nitrogens with one attached hydrogen (secondary N) is 3. The Morgan fingerprint density at radius 3 is 1.90 bits per heavy atom. The van der Waals surface area contributed by atoms with Crippen molar-refractivity contribution in [3.63, 3.8) is 0 Å². The number of unbranched alkanes of at least 4 members (excludes halogenated alkanes) is 1. The van der Waals surface area contributed by atoms with Gasteiger partial charge in [0, 0.05) is 0 Å². The summed E-state index contributed by atoms with van der Waals surface area (Å²) in [6.45, 7) is 4.56. The lowest BCUT2D eigenvalue weighted by Gasteiger charge is -2.25. The lowest BCUT2D eigenvalue weighted by Crippen LogP contribution is -2.59. The Morgan fingerprint density at radius 2 is 1.45 bits per heavy atom. The van der Waals surface area contributed by atoms with E-state index in [1.54, 1.807) is 0 Å². The van der Waals surface area contributed by atoms with Crippen LogP contribution in [0, 0.1) is 5.92 Å². The topological polar surface area (TPSA) is 217 Å². The smallest absolute Gasteiger partial charge is 0.328 e. The Kier molecular flexibility index (Phi) is 13.6. The van der Waals surface area contributed by atoms with Crippen molar-refractivity contribution in [1.29, 1.82) is 0 Å². The molecule has 0 aromatic heterocycles. The lowest BCUT2D eigenvalue weighted by molar-refractivity contribution is -0.145. The summed E-state index contributed by atoms with van der Waals surface area (Å²) in [5.41, 5.74) is 11.3. The van der Waals surface area contributed by atoms with Crippen LogP contribution in [-0.2, 0) is 19.2 Å². The monoisotopic (exact) mass is 447 g/mol. The van der Waals surface area contributed by atoms with E-state index < -0.39 is 60.6 Å². The SMILES string of the molecule is CC(C)CC(N)C(=O)NC(CCCCN)C(=O)NC(CO)C(=O)NC(C(=O)O)C(C)O.